The fraction of sp³-hybridized carbons (Fsp3) is 0.111. The van der Waals surface area contributed by atoms with Gasteiger partial charge in [-0.2, -0.15) is 0 Å². The largest absolute Gasteiger partial charge is 0.454 e. The van der Waals surface area contributed by atoms with Gasteiger partial charge in [-0.25, -0.2) is 0 Å². The van der Waals surface area contributed by atoms with Crippen molar-refractivity contribution < 1.29 is 18.7 Å². The summed E-state index contributed by atoms with van der Waals surface area (Å²) in [6, 6.07) is 16.0. The summed E-state index contributed by atoms with van der Waals surface area (Å²) < 4.78 is 11.3. The maximum atomic E-state index is 11.9. The summed E-state index contributed by atoms with van der Waals surface area (Å²) in [4.78, 5) is 23.7. The quantitative estimate of drug-likeness (QED) is 0.621. The molecule has 0 saturated heterocycles. The minimum absolute atomic E-state index is 0.160. The number of esters is 1. The summed E-state index contributed by atoms with van der Waals surface area (Å²) >= 11 is 3.29. The van der Waals surface area contributed by atoms with Crippen LogP contribution in [0.5, 0.6) is 0 Å². The molecule has 0 atom stereocenters. The molecule has 0 unspecified atom stereocenters. The monoisotopic (exact) mass is 415 g/mol. The van der Waals surface area contributed by atoms with Gasteiger partial charge in [-0.15, -0.1) is 10.2 Å². The number of amides is 1. The number of benzene rings is 2. The molecule has 0 aliphatic carbocycles. The molecule has 1 amide bonds. The number of ether oxygens (including phenoxy) is 1. The first-order valence-corrected chi connectivity index (χ1v) is 8.48. The molecule has 7 nitrogen and oxygen atoms in total. The highest BCUT2D eigenvalue weighted by Gasteiger charge is 2.12. The van der Waals surface area contributed by atoms with Crippen molar-refractivity contribution >= 4 is 27.8 Å². The van der Waals surface area contributed by atoms with E-state index in [0.717, 1.165) is 10.0 Å². The number of rotatable bonds is 6. The molecule has 132 valence electrons. The normalized spacial score (nSPS) is 10.3. The Morgan fingerprint density at radius 3 is 2.50 bits per heavy atom. The Balaban J connectivity index is 1.46. The van der Waals surface area contributed by atoms with Gasteiger partial charge in [0.15, 0.2) is 6.61 Å². The lowest BCUT2D eigenvalue weighted by Gasteiger charge is -2.05. The molecular formula is C18H14BrN3O4. The number of nitrogens with zero attached hydrogens (tertiary/aromatic N) is 2. The summed E-state index contributed by atoms with van der Waals surface area (Å²) in [5.41, 5.74) is 1.23. The van der Waals surface area contributed by atoms with Gasteiger partial charge in [0, 0.05) is 15.6 Å². The Kier molecular flexibility index (Phi) is 5.75. The van der Waals surface area contributed by atoms with Crippen LogP contribution in [0.25, 0.3) is 11.5 Å². The molecule has 3 aromatic rings. The second-order valence-corrected chi connectivity index (χ2v) is 6.13. The van der Waals surface area contributed by atoms with Crippen LogP contribution in [-0.2, 0) is 16.1 Å². The van der Waals surface area contributed by atoms with E-state index in [4.69, 9.17) is 9.15 Å². The van der Waals surface area contributed by atoms with E-state index in [0.29, 0.717) is 11.5 Å². The third-order valence-electron chi connectivity index (χ3n) is 3.34. The first-order chi connectivity index (χ1) is 12.6. The van der Waals surface area contributed by atoms with Crippen molar-refractivity contribution in [1.82, 2.24) is 15.5 Å². The zero-order valence-electron chi connectivity index (χ0n) is 13.5. The van der Waals surface area contributed by atoms with Gasteiger partial charge in [0.1, 0.15) is 6.54 Å². The predicted octanol–water partition coefficient (Wildman–Crippen LogP) is 2.97. The minimum atomic E-state index is -0.602. The van der Waals surface area contributed by atoms with E-state index in [1.165, 1.54) is 0 Å². The standard InChI is InChI=1S/C18H14BrN3O4/c19-14-8-6-12(7-9-14)17(24)20-10-16(23)25-11-15-21-22-18(26-15)13-4-2-1-3-5-13/h1-9H,10-11H2,(H,20,24). The number of hydrogen-bond donors (Lipinski definition) is 1. The highest BCUT2D eigenvalue weighted by Crippen LogP contribution is 2.17. The Hall–Kier alpha value is -3.00. The number of halogens is 1. The lowest BCUT2D eigenvalue weighted by atomic mass is 10.2. The molecule has 0 bridgehead atoms. The van der Waals surface area contributed by atoms with Crippen LogP contribution in [0, 0.1) is 0 Å². The van der Waals surface area contributed by atoms with Crippen molar-refractivity contribution in [2.45, 2.75) is 6.61 Å². The third kappa shape index (κ3) is 4.76. The van der Waals surface area contributed by atoms with Crippen LogP contribution in [0.15, 0.2) is 63.5 Å². The summed E-state index contributed by atoms with van der Waals surface area (Å²) in [6.45, 7) is -0.415. The number of hydrogen-bond acceptors (Lipinski definition) is 6. The smallest absolute Gasteiger partial charge is 0.325 e. The van der Waals surface area contributed by atoms with Gasteiger partial charge in [-0.05, 0) is 36.4 Å². The van der Waals surface area contributed by atoms with Crippen molar-refractivity contribution in [1.29, 1.82) is 0 Å². The number of nitrogens with one attached hydrogen (secondary N) is 1. The molecule has 0 fully saturated rings. The average molecular weight is 416 g/mol. The SMILES string of the molecule is O=C(CNC(=O)c1ccc(Br)cc1)OCc1nnc(-c2ccccc2)o1. The predicted molar refractivity (Wildman–Crippen MR) is 96.0 cm³/mol. The summed E-state index contributed by atoms with van der Waals surface area (Å²) in [6.07, 6.45) is 0. The minimum Gasteiger partial charge on any atom is -0.454 e. The van der Waals surface area contributed by atoms with E-state index in [-0.39, 0.29) is 24.9 Å². The zero-order chi connectivity index (χ0) is 18.4. The topological polar surface area (TPSA) is 94.3 Å². The average Bonchev–Trinajstić information content (AvgIpc) is 3.15. The van der Waals surface area contributed by atoms with E-state index in [2.05, 4.69) is 31.4 Å². The highest BCUT2D eigenvalue weighted by molar-refractivity contribution is 9.10. The van der Waals surface area contributed by atoms with Crippen LogP contribution in [0.3, 0.4) is 0 Å². The molecule has 2 aromatic carbocycles. The molecule has 0 radical (unpaired) electrons. The maximum absolute atomic E-state index is 11.9. The van der Waals surface area contributed by atoms with Crippen LogP contribution in [0.2, 0.25) is 0 Å². The Bertz CT molecular complexity index is 894. The van der Waals surface area contributed by atoms with Gasteiger partial charge in [-0.1, -0.05) is 34.1 Å². The van der Waals surface area contributed by atoms with Gasteiger partial charge in [0.2, 0.25) is 5.89 Å². The second kappa shape index (κ2) is 8.39. The fourth-order valence-corrected chi connectivity index (χ4v) is 2.32. The molecule has 1 N–H and O–H groups in total. The highest BCUT2D eigenvalue weighted by atomic mass is 79.9. The van der Waals surface area contributed by atoms with E-state index in [1.54, 1.807) is 24.3 Å². The van der Waals surface area contributed by atoms with Crippen molar-refractivity contribution in [3.8, 4) is 11.5 Å². The van der Waals surface area contributed by atoms with E-state index in [9.17, 15) is 9.59 Å². The zero-order valence-corrected chi connectivity index (χ0v) is 15.1. The molecule has 3 rings (SSSR count). The van der Waals surface area contributed by atoms with Crippen molar-refractivity contribution in [3.05, 3.63) is 70.5 Å². The first-order valence-electron chi connectivity index (χ1n) is 7.69. The van der Waals surface area contributed by atoms with Crippen LogP contribution >= 0.6 is 15.9 Å². The molecule has 1 heterocycles. The number of aromatic nitrogens is 2. The summed E-state index contributed by atoms with van der Waals surface area (Å²) in [7, 11) is 0. The maximum Gasteiger partial charge on any atom is 0.325 e. The summed E-state index contributed by atoms with van der Waals surface area (Å²) in [5.74, 6) is -0.440. The van der Waals surface area contributed by atoms with Gasteiger partial charge in [0.05, 0.1) is 0 Å². The molecule has 0 spiro atoms. The fourth-order valence-electron chi connectivity index (χ4n) is 2.06. The molecule has 0 aliphatic heterocycles. The molecule has 26 heavy (non-hydrogen) atoms. The van der Waals surface area contributed by atoms with Gasteiger partial charge in [-0.3, -0.25) is 9.59 Å². The number of carbonyl (C=O) groups excluding carboxylic acids is 2. The third-order valence-corrected chi connectivity index (χ3v) is 3.87. The molecule has 8 heteroatoms. The Morgan fingerprint density at radius 2 is 1.77 bits per heavy atom. The molecular weight excluding hydrogens is 402 g/mol. The van der Waals surface area contributed by atoms with Crippen molar-refractivity contribution in [3.63, 3.8) is 0 Å². The summed E-state index contributed by atoms with van der Waals surface area (Å²) in [5, 5.41) is 10.2. The van der Waals surface area contributed by atoms with E-state index >= 15 is 0 Å². The van der Waals surface area contributed by atoms with Crippen molar-refractivity contribution in [2.24, 2.45) is 0 Å². The molecule has 1 aromatic heterocycles. The molecule has 0 saturated carbocycles. The number of carbonyl (C=O) groups is 2. The first kappa shape index (κ1) is 17.8. The van der Waals surface area contributed by atoms with E-state index < -0.39 is 5.97 Å². The van der Waals surface area contributed by atoms with Crippen LogP contribution in [0.1, 0.15) is 16.2 Å². The lowest BCUT2D eigenvalue weighted by molar-refractivity contribution is -0.144. The van der Waals surface area contributed by atoms with Gasteiger partial charge in [0.25, 0.3) is 11.8 Å². The lowest BCUT2D eigenvalue weighted by Crippen LogP contribution is -2.30. The van der Waals surface area contributed by atoms with Gasteiger partial charge >= 0.3 is 5.97 Å². The van der Waals surface area contributed by atoms with Crippen LogP contribution < -0.4 is 5.32 Å². The van der Waals surface area contributed by atoms with Crippen LogP contribution in [0.4, 0.5) is 0 Å². The van der Waals surface area contributed by atoms with E-state index in [1.807, 2.05) is 30.3 Å². The van der Waals surface area contributed by atoms with Gasteiger partial charge < -0.3 is 14.5 Å². The van der Waals surface area contributed by atoms with Crippen molar-refractivity contribution in [2.75, 3.05) is 6.54 Å². The van der Waals surface area contributed by atoms with Crippen LogP contribution in [-0.4, -0.2) is 28.6 Å². The second-order valence-electron chi connectivity index (χ2n) is 5.22. The Labute approximate surface area is 157 Å². The molecule has 0 aliphatic rings. The Morgan fingerprint density at radius 1 is 1.04 bits per heavy atom.